The predicted octanol–water partition coefficient (Wildman–Crippen LogP) is -0.310. The van der Waals surface area contributed by atoms with E-state index in [-0.39, 0.29) is 17.7 Å². The third-order valence-electron chi connectivity index (χ3n) is 1.56. The Bertz CT molecular complexity index is 166. The molecule has 1 atom stereocenters. The molecular formula is C8H16N2O2. The molecule has 0 aromatic heterocycles. The summed E-state index contributed by atoms with van der Waals surface area (Å²) in [7, 11) is 1.74. The largest absolute Gasteiger partial charge is 0.345 e. The zero-order chi connectivity index (χ0) is 9.56. The maximum Gasteiger partial charge on any atom is 0.220 e. The number of hydrogen-bond donors (Lipinski definition) is 2. The molecule has 0 fully saturated rings. The lowest BCUT2D eigenvalue weighted by molar-refractivity contribution is -0.126. The molecule has 0 saturated heterocycles. The molecule has 0 aromatic rings. The molecule has 4 heteroatoms. The first-order valence-corrected chi connectivity index (χ1v) is 4.06. The van der Waals surface area contributed by atoms with Crippen molar-refractivity contribution in [2.24, 2.45) is 0 Å². The summed E-state index contributed by atoms with van der Waals surface area (Å²) in [6.07, 6.45) is 0.410. The molecule has 0 radical (unpaired) electrons. The molecular weight excluding hydrogens is 156 g/mol. The lowest BCUT2D eigenvalue weighted by Gasteiger charge is -2.14. The molecule has 0 aliphatic heterocycles. The van der Waals surface area contributed by atoms with Gasteiger partial charge < -0.3 is 10.6 Å². The van der Waals surface area contributed by atoms with Gasteiger partial charge in [0.15, 0.2) is 5.78 Å². The van der Waals surface area contributed by atoms with Crippen LogP contribution in [0.5, 0.6) is 0 Å². The fourth-order valence-electron chi connectivity index (χ4n) is 0.797. The smallest absolute Gasteiger partial charge is 0.220 e. The third-order valence-corrected chi connectivity index (χ3v) is 1.56. The molecule has 4 nitrogen and oxygen atoms in total. The standard InChI is InChI=1S/C8H16N2O2/c1-4-8(12)10-7(5-9-3)6(2)11/h7,9H,4-5H2,1-3H3,(H,10,12)/t7-/m0/s1. The molecule has 0 heterocycles. The summed E-state index contributed by atoms with van der Waals surface area (Å²) < 4.78 is 0. The van der Waals surface area contributed by atoms with Crippen LogP contribution in [0.1, 0.15) is 20.3 Å². The quantitative estimate of drug-likeness (QED) is 0.598. The van der Waals surface area contributed by atoms with Crippen molar-refractivity contribution in [1.82, 2.24) is 10.6 Å². The van der Waals surface area contributed by atoms with Crippen molar-refractivity contribution in [3.8, 4) is 0 Å². The minimum atomic E-state index is -0.387. The van der Waals surface area contributed by atoms with Crippen LogP contribution in [0.3, 0.4) is 0 Å². The Morgan fingerprint density at radius 2 is 2.00 bits per heavy atom. The van der Waals surface area contributed by atoms with Gasteiger partial charge in [0.25, 0.3) is 0 Å². The maximum atomic E-state index is 10.9. The number of amides is 1. The van der Waals surface area contributed by atoms with Gasteiger partial charge in [0.05, 0.1) is 6.04 Å². The summed E-state index contributed by atoms with van der Waals surface area (Å²) in [5, 5.41) is 5.46. The van der Waals surface area contributed by atoms with Crippen LogP contribution in [-0.4, -0.2) is 31.3 Å². The van der Waals surface area contributed by atoms with Gasteiger partial charge in [-0.05, 0) is 14.0 Å². The van der Waals surface area contributed by atoms with Gasteiger partial charge in [0.2, 0.25) is 5.91 Å². The van der Waals surface area contributed by atoms with Gasteiger partial charge >= 0.3 is 0 Å². The summed E-state index contributed by atoms with van der Waals surface area (Å²) in [4.78, 5) is 21.8. The summed E-state index contributed by atoms with van der Waals surface area (Å²) in [6, 6.07) is -0.387. The Balaban J connectivity index is 3.95. The van der Waals surface area contributed by atoms with E-state index in [4.69, 9.17) is 0 Å². The van der Waals surface area contributed by atoms with E-state index < -0.39 is 0 Å². The van der Waals surface area contributed by atoms with Crippen molar-refractivity contribution in [2.75, 3.05) is 13.6 Å². The van der Waals surface area contributed by atoms with Crippen LogP contribution in [0.4, 0.5) is 0 Å². The fraction of sp³-hybridized carbons (Fsp3) is 0.750. The molecule has 0 saturated carbocycles. The first-order valence-electron chi connectivity index (χ1n) is 4.06. The van der Waals surface area contributed by atoms with E-state index in [2.05, 4.69) is 10.6 Å². The van der Waals surface area contributed by atoms with E-state index in [1.165, 1.54) is 6.92 Å². The number of rotatable bonds is 5. The second kappa shape index (κ2) is 5.71. The minimum Gasteiger partial charge on any atom is -0.345 e. The molecule has 70 valence electrons. The maximum absolute atomic E-state index is 10.9. The molecule has 0 aromatic carbocycles. The van der Waals surface area contributed by atoms with Gasteiger partial charge in [-0.1, -0.05) is 6.92 Å². The van der Waals surface area contributed by atoms with E-state index in [0.717, 1.165) is 0 Å². The Labute approximate surface area is 72.7 Å². The summed E-state index contributed by atoms with van der Waals surface area (Å²) >= 11 is 0. The molecule has 12 heavy (non-hydrogen) atoms. The number of ketones is 1. The van der Waals surface area contributed by atoms with Crippen LogP contribution in [0.2, 0.25) is 0 Å². The number of hydrogen-bond acceptors (Lipinski definition) is 3. The average Bonchev–Trinajstić information content (AvgIpc) is 2.03. The lowest BCUT2D eigenvalue weighted by atomic mass is 10.2. The van der Waals surface area contributed by atoms with Crippen LogP contribution in [-0.2, 0) is 9.59 Å². The molecule has 0 aliphatic rings. The van der Waals surface area contributed by atoms with E-state index in [1.807, 2.05) is 0 Å². The highest BCUT2D eigenvalue weighted by molar-refractivity contribution is 5.87. The van der Waals surface area contributed by atoms with Crippen LogP contribution < -0.4 is 10.6 Å². The molecule has 1 amide bonds. The number of likely N-dealkylation sites (N-methyl/N-ethyl adjacent to an activating group) is 1. The highest BCUT2D eigenvalue weighted by Crippen LogP contribution is 1.86. The number of Topliss-reactive ketones (excluding diaryl/α,β-unsaturated/α-hetero) is 1. The first kappa shape index (κ1) is 11.1. The topological polar surface area (TPSA) is 58.2 Å². The summed E-state index contributed by atoms with van der Waals surface area (Å²) in [5.41, 5.74) is 0. The first-order chi connectivity index (χ1) is 5.61. The van der Waals surface area contributed by atoms with Crippen LogP contribution >= 0.6 is 0 Å². The molecule has 2 N–H and O–H groups in total. The van der Waals surface area contributed by atoms with Crippen molar-refractivity contribution in [3.05, 3.63) is 0 Å². The van der Waals surface area contributed by atoms with Crippen LogP contribution in [0.15, 0.2) is 0 Å². The second-order valence-corrected chi connectivity index (χ2v) is 2.64. The third kappa shape index (κ3) is 4.08. The Kier molecular flexibility index (Phi) is 5.28. The zero-order valence-corrected chi connectivity index (χ0v) is 7.81. The Hall–Kier alpha value is -0.900. The molecule has 0 rings (SSSR count). The van der Waals surface area contributed by atoms with Crippen molar-refractivity contribution in [1.29, 1.82) is 0 Å². The van der Waals surface area contributed by atoms with Gasteiger partial charge in [0.1, 0.15) is 0 Å². The number of carbonyl (C=O) groups excluding carboxylic acids is 2. The van der Waals surface area contributed by atoms with Crippen LogP contribution in [0.25, 0.3) is 0 Å². The normalized spacial score (nSPS) is 12.2. The summed E-state index contributed by atoms with van der Waals surface area (Å²) in [5.74, 6) is -0.114. The number of carbonyl (C=O) groups is 2. The van der Waals surface area contributed by atoms with Gasteiger partial charge in [-0.15, -0.1) is 0 Å². The van der Waals surface area contributed by atoms with Crippen LogP contribution in [0, 0.1) is 0 Å². The van der Waals surface area contributed by atoms with Gasteiger partial charge in [-0.2, -0.15) is 0 Å². The van der Waals surface area contributed by atoms with E-state index in [1.54, 1.807) is 14.0 Å². The van der Waals surface area contributed by atoms with Gasteiger partial charge in [0, 0.05) is 13.0 Å². The van der Waals surface area contributed by atoms with E-state index in [0.29, 0.717) is 13.0 Å². The predicted molar refractivity (Wildman–Crippen MR) is 46.8 cm³/mol. The SMILES string of the molecule is CCC(=O)N[C@@H](CNC)C(C)=O. The van der Waals surface area contributed by atoms with Crippen molar-refractivity contribution < 1.29 is 9.59 Å². The highest BCUT2D eigenvalue weighted by atomic mass is 16.2. The lowest BCUT2D eigenvalue weighted by Crippen LogP contribution is -2.45. The zero-order valence-electron chi connectivity index (χ0n) is 7.81. The second-order valence-electron chi connectivity index (χ2n) is 2.64. The van der Waals surface area contributed by atoms with Crippen molar-refractivity contribution in [3.63, 3.8) is 0 Å². The minimum absolute atomic E-state index is 0.0221. The monoisotopic (exact) mass is 172 g/mol. The van der Waals surface area contributed by atoms with E-state index in [9.17, 15) is 9.59 Å². The van der Waals surface area contributed by atoms with Crippen molar-refractivity contribution in [2.45, 2.75) is 26.3 Å². The van der Waals surface area contributed by atoms with Crippen molar-refractivity contribution >= 4 is 11.7 Å². The fourth-order valence-corrected chi connectivity index (χ4v) is 0.797. The molecule has 0 unspecified atom stereocenters. The van der Waals surface area contributed by atoms with E-state index >= 15 is 0 Å². The van der Waals surface area contributed by atoms with Gasteiger partial charge in [-0.3, -0.25) is 9.59 Å². The van der Waals surface area contributed by atoms with Gasteiger partial charge in [-0.25, -0.2) is 0 Å². The number of nitrogens with one attached hydrogen (secondary N) is 2. The Morgan fingerprint density at radius 3 is 2.33 bits per heavy atom. The Morgan fingerprint density at radius 1 is 1.42 bits per heavy atom. The molecule has 0 spiro atoms. The molecule has 0 aliphatic carbocycles. The molecule has 0 bridgehead atoms. The summed E-state index contributed by atoms with van der Waals surface area (Å²) in [6.45, 7) is 3.71. The highest BCUT2D eigenvalue weighted by Gasteiger charge is 2.14. The average molecular weight is 172 g/mol.